The predicted octanol–water partition coefficient (Wildman–Crippen LogP) is 2.87. The van der Waals surface area contributed by atoms with E-state index in [4.69, 9.17) is 5.73 Å². The summed E-state index contributed by atoms with van der Waals surface area (Å²) >= 11 is 0. The van der Waals surface area contributed by atoms with Gasteiger partial charge in [-0.1, -0.05) is 12.5 Å². The molecule has 2 nitrogen and oxygen atoms in total. The molecule has 0 aliphatic heterocycles. The maximum atomic E-state index is 13.3. The van der Waals surface area contributed by atoms with Gasteiger partial charge in [0, 0.05) is 12.1 Å². The zero-order chi connectivity index (χ0) is 13.4. The molecule has 3 atom stereocenters. The van der Waals surface area contributed by atoms with E-state index in [-0.39, 0.29) is 5.82 Å². The third kappa shape index (κ3) is 2.30. The van der Waals surface area contributed by atoms with Gasteiger partial charge in [0.2, 0.25) is 0 Å². The van der Waals surface area contributed by atoms with Crippen LogP contribution in [0.1, 0.15) is 42.9 Å². The van der Waals surface area contributed by atoms with Gasteiger partial charge in [0.05, 0.1) is 0 Å². The van der Waals surface area contributed by atoms with E-state index in [0.717, 1.165) is 19.4 Å². The molecule has 0 heterocycles. The molecule has 1 aromatic carbocycles. The van der Waals surface area contributed by atoms with E-state index in [1.54, 1.807) is 12.1 Å². The first-order valence-electron chi connectivity index (χ1n) is 7.41. The molecule has 0 amide bonds. The van der Waals surface area contributed by atoms with E-state index < -0.39 is 0 Å². The van der Waals surface area contributed by atoms with Crippen LogP contribution in [0.15, 0.2) is 18.2 Å². The average molecular weight is 262 g/mol. The Labute approximate surface area is 114 Å². The number of aryl methyl sites for hydroxylation is 1. The molecule has 3 heteroatoms. The molecule has 2 aliphatic carbocycles. The van der Waals surface area contributed by atoms with Crippen LogP contribution < -0.4 is 5.73 Å². The molecular weight excluding hydrogens is 239 g/mol. The fourth-order valence-electron chi connectivity index (χ4n) is 4.05. The van der Waals surface area contributed by atoms with Crippen LogP contribution in [0, 0.1) is 11.7 Å². The highest BCUT2D eigenvalue weighted by atomic mass is 19.1. The third-order valence-corrected chi connectivity index (χ3v) is 5.09. The SMILES string of the molecule is CN(C1CCc2cc(F)ccc21)C1CCCC1CN. The van der Waals surface area contributed by atoms with E-state index in [0.29, 0.717) is 18.0 Å². The van der Waals surface area contributed by atoms with Gasteiger partial charge in [0.25, 0.3) is 0 Å². The topological polar surface area (TPSA) is 29.3 Å². The first-order valence-corrected chi connectivity index (χ1v) is 7.41. The highest BCUT2D eigenvalue weighted by molar-refractivity contribution is 5.35. The van der Waals surface area contributed by atoms with Crippen molar-refractivity contribution in [2.75, 3.05) is 13.6 Å². The second kappa shape index (κ2) is 5.22. The molecule has 1 fully saturated rings. The molecule has 0 radical (unpaired) electrons. The van der Waals surface area contributed by atoms with Gasteiger partial charge in [0.15, 0.2) is 0 Å². The van der Waals surface area contributed by atoms with Gasteiger partial charge >= 0.3 is 0 Å². The Kier molecular flexibility index (Phi) is 3.59. The van der Waals surface area contributed by atoms with Crippen LogP contribution in [-0.2, 0) is 6.42 Å². The molecule has 2 N–H and O–H groups in total. The molecule has 19 heavy (non-hydrogen) atoms. The number of benzene rings is 1. The van der Waals surface area contributed by atoms with Crippen molar-refractivity contribution in [3.63, 3.8) is 0 Å². The lowest BCUT2D eigenvalue weighted by atomic mass is 9.99. The summed E-state index contributed by atoms with van der Waals surface area (Å²) in [5.41, 5.74) is 8.42. The normalized spacial score (nSPS) is 30.0. The van der Waals surface area contributed by atoms with E-state index >= 15 is 0 Å². The summed E-state index contributed by atoms with van der Waals surface area (Å²) in [7, 11) is 2.22. The number of nitrogens with zero attached hydrogens (tertiary/aromatic N) is 1. The molecule has 0 aromatic heterocycles. The van der Waals surface area contributed by atoms with Crippen molar-refractivity contribution in [3.8, 4) is 0 Å². The number of rotatable bonds is 3. The monoisotopic (exact) mass is 262 g/mol. The second-order valence-electron chi connectivity index (χ2n) is 6.06. The summed E-state index contributed by atoms with van der Waals surface area (Å²) in [5.74, 6) is 0.525. The third-order valence-electron chi connectivity index (χ3n) is 5.09. The average Bonchev–Trinajstić information content (AvgIpc) is 3.03. The predicted molar refractivity (Wildman–Crippen MR) is 75.4 cm³/mol. The molecular formula is C16H23FN2. The Morgan fingerprint density at radius 3 is 2.95 bits per heavy atom. The molecule has 2 aliphatic rings. The standard InChI is InChI=1S/C16H23FN2/c1-19(15-4-2-3-12(15)10-18)16-8-5-11-9-13(17)6-7-14(11)16/h6-7,9,12,15-16H,2-5,8,10,18H2,1H3. The largest absolute Gasteiger partial charge is 0.330 e. The van der Waals surface area contributed by atoms with Crippen molar-refractivity contribution in [3.05, 3.63) is 35.1 Å². The van der Waals surface area contributed by atoms with E-state index in [2.05, 4.69) is 11.9 Å². The minimum atomic E-state index is -0.109. The Morgan fingerprint density at radius 1 is 1.32 bits per heavy atom. The van der Waals surface area contributed by atoms with E-state index in [1.807, 2.05) is 6.07 Å². The number of nitrogens with two attached hydrogens (primary N) is 1. The Morgan fingerprint density at radius 2 is 2.16 bits per heavy atom. The first-order chi connectivity index (χ1) is 9.20. The maximum Gasteiger partial charge on any atom is 0.123 e. The molecule has 0 saturated heterocycles. The summed E-state index contributed by atoms with van der Waals surface area (Å²) < 4.78 is 13.3. The van der Waals surface area contributed by atoms with Gasteiger partial charge < -0.3 is 5.73 Å². The smallest absolute Gasteiger partial charge is 0.123 e. The number of halogens is 1. The summed E-state index contributed by atoms with van der Waals surface area (Å²) in [4.78, 5) is 2.51. The fourth-order valence-corrected chi connectivity index (χ4v) is 4.05. The van der Waals surface area contributed by atoms with Gasteiger partial charge in [-0.2, -0.15) is 0 Å². The zero-order valence-electron chi connectivity index (χ0n) is 11.6. The number of fused-ring (bicyclic) bond motifs is 1. The first kappa shape index (κ1) is 13.1. The lowest BCUT2D eigenvalue weighted by molar-refractivity contribution is 0.142. The summed E-state index contributed by atoms with van der Waals surface area (Å²) in [6, 6.07) is 6.34. The minimum absolute atomic E-state index is 0.109. The van der Waals surface area contributed by atoms with Crippen molar-refractivity contribution >= 4 is 0 Å². The van der Waals surface area contributed by atoms with Gasteiger partial charge in [-0.3, -0.25) is 4.90 Å². The quantitative estimate of drug-likeness (QED) is 0.907. The lowest BCUT2D eigenvalue weighted by Gasteiger charge is -2.34. The van der Waals surface area contributed by atoms with Gasteiger partial charge in [-0.25, -0.2) is 4.39 Å². The molecule has 104 valence electrons. The van der Waals surface area contributed by atoms with Crippen LogP contribution in [0.3, 0.4) is 0 Å². The summed E-state index contributed by atoms with van der Waals surface area (Å²) in [6.45, 7) is 0.790. The maximum absolute atomic E-state index is 13.3. The van der Waals surface area contributed by atoms with Crippen molar-refractivity contribution < 1.29 is 4.39 Å². The highest BCUT2D eigenvalue weighted by Gasteiger charge is 2.35. The van der Waals surface area contributed by atoms with Crippen molar-refractivity contribution in [1.29, 1.82) is 0 Å². The van der Waals surface area contributed by atoms with Crippen molar-refractivity contribution in [1.82, 2.24) is 4.90 Å². The van der Waals surface area contributed by atoms with Crippen LogP contribution in [-0.4, -0.2) is 24.5 Å². The van der Waals surface area contributed by atoms with Gasteiger partial charge in [0.1, 0.15) is 5.82 Å². The van der Waals surface area contributed by atoms with E-state index in [9.17, 15) is 4.39 Å². The zero-order valence-corrected chi connectivity index (χ0v) is 11.6. The minimum Gasteiger partial charge on any atom is -0.330 e. The number of hydrogen-bond acceptors (Lipinski definition) is 2. The van der Waals surface area contributed by atoms with Crippen molar-refractivity contribution in [2.45, 2.75) is 44.2 Å². The molecule has 3 unspecified atom stereocenters. The summed E-state index contributed by atoms with van der Waals surface area (Å²) in [5, 5.41) is 0. The van der Waals surface area contributed by atoms with Crippen LogP contribution >= 0.6 is 0 Å². The molecule has 3 rings (SSSR count). The highest BCUT2D eigenvalue weighted by Crippen LogP contribution is 2.40. The molecule has 0 bridgehead atoms. The van der Waals surface area contributed by atoms with E-state index in [1.165, 1.54) is 30.4 Å². The summed E-state index contributed by atoms with van der Waals surface area (Å²) in [6.07, 6.45) is 5.92. The molecule has 1 aromatic rings. The van der Waals surface area contributed by atoms with Crippen LogP contribution in [0.5, 0.6) is 0 Å². The van der Waals surface area contributed by atoms with Crippen LogP contribution in [0.2, 0.25) is 0 Å². The van der Waals surface area contributed by atoms with Crippen LogP contribution in [0.25, 0.3) is 0 Å². The lowest BCUT2D eigenvalue weighted by Crippen LogP contribution is -2.39. The fraction of sp³-hybridized carbons (Fsp3) is 0.625. The Bertz CT molecular complexity index is 460. The van der Waals surface area contributed by atoms with Gasteiger partial charge in [-0.05, 0) is 68.5 Å². The number of hydrogen-bond donors (Lipinski definition) is 1. The molecule has 1 saturated carbocycles. The van der Waals surface area contributed by atoms with Gasteiger partial charge in [-0.15, -0.1) is 0 Å². The Balaban J connectivity index is 1.81. The second-order valence-corrected chi connectivity index (χ2v) is 6.06. The Hall–Kier alpha value is -0.930. The molecule has 0 spiro atoms. The van der Waals surface area contributed by atoms with Crippen molar-refractivity contribution in [2.24, 2.45) is 11.7 Å². The van der Waals surface area contributed by atoms with Crippen LogP contribution in [0.4, 0.5) is 4.39 Å².